The molecule has 6 nitrogen and oxygen atoms in total. The van der Waals surface area contributed by atoms with Crippen molar-refractivity contribution in [1.82, 2.24) is 4.98 Å². The van der Waals surface area contributed by atoms with Crippen molar-refractivity contribution in [2.45, 2.75) is 20.8 Å². The van der Waals surface area contributed by atoms with Gasteiger partial charge in [-0.3, -0.25) is 10.1 Å². The van der Waals surface area contributed by atoms with Crippen molar-refractivity contribution in [2.24, 2.45) is 0 Å². The summed E-state index contributed by atoms with van der Waals surface area (Å²) < 4.78 is 10.3. The van der Waals surface area contributed by atoms with Crippen LogP contribution in [0, 0.1) is 6.92 Å². The van der Waals surface area contributed by atoms with Gasteiger partial charge < -0.3 is 9.47 Å². The molecular formula is C16H17ClN2O4S. The van der Waals surface area contributed by atoms with Crippen LogP contribution in [0.15, 0.2) is 18.2 Å². The Morgan fingerprint density at radius 3 is 2.67 bits per heavy atom. The maximum absolute atomic E-state index is 12.3. The quantitative estimate of drug-likeness (QED) is 0.781. The Balaban J connectivity index is 2.14. The maximum Gasteiger partial charge on any atom is 0.350 e. The van der Waals surface area contributed by atoms with Gasteiger partial charge in [-0.1, -0.05) is 22.9 Å². The van der Waals surface area contributed by atoms with Gasteiger partial charge in [0.05, 0.1) is 23.9 Å². The predicted octanol–water partition coefficient (Wildman–Crippen LogP) is 3.93. The van der Waals surface area contributed by atoms with Crippen molar-refractivity contribution in [3.63, 3.8) is 0 Å². The van der Waals surface area contributed by atoms with E-state index in [9.17, 15) is 9.59 Å². The van der Waals surface area contributed by atoms with Crippen LogP contribution in [0.3, 0.4) is 0 Å². The molecule has 128 valence electrons. The number of halogens is 1. The van der Waals surface area contributed by atoms with Crippen molar-refractivity contribution in [1.29, 1.82) is 0 Å². The third-order valence-electron chi connectivity index (χ3n) is 2.97. The molecule has 0 atom stereocenters. The average Bonchev–Trinajstić information content (AvgIpc) is 2.90. The van der Waals surface area contributed by atoms with E-state index in [0.29, 0.717) is 38.6 Å². The summed E-state index contributed by atoms with van der Waals surface area (Å²) in [6, 6.07) is 4.77. The number of nitrogens with zero attached hydrogens (tertiary/aromatic N) is 1. The first-order valence-corrected chi connectivity index (χ1v) is 8.53. The van der Waals surface area contributed by atoms with Crippen LogP contribution in [0.5, 0.6) is 5.75 Å². The Labute approximate surface area is 148 Å². The molecule has 0 fully saturated rings. The number of carbonyl (C=O) groups is 2. The number of aromatic nitrogens is 1. The topological polar surface area (TPSA) is 77.5 Å². The van der Waals surface area contributed by atoms with Crippen molar-refractivity contribution >= 4 is 39.9 Å². The van der Waals surface area contributed by atoms with Gasteiger partial charge in [-0.15, -0.1) is 0 Å². The molecule has 8 heteroatoms. The summed E-state index contributed by atoms with van der Waals surface area (Å²) in [6.45, 7) is 6.03. The van der Waals surface area contributed by atoms with Crippen molar-refractivity contribution in [2.75, 3.05) is 18.5 Å². The fourth-order valence-electron chi connectivity index (χ4n) is 1.92. The summed E-state index contributed by atoms with van der Waals surface area (Å²) >= 11 is 7.15. The van der Waals surface area contributed by atoms with Gasteiger partial charge in [0.1, 0.15) is 10.6 Å². The van der Waals surface area contributed by atoms with Crippen LogP contribution in [0.1, 0.15) is 39.6 Å². The van der Waals surface area contributed by atoms with E-state index in [1.807, 2.05) is 6.92 Å². The van der Waals surface area contributed by atoms with Gasteiger partial charge in [0, 0.05) is 5.56 Å². The predicted molar refractivity (Wildman–Crippen MR) is 93.4 cm³/mol. The molecule has 0 saturated carbocycles. The number of thiazole rings is 1. The van der Waals surface area contributed by atoms with Crippen LogP contribution in [0.25, 0.3) is 0 Å². The maximum atomic E-state index is 12.3. The fraction of sp³-hybridized carbons (Fsp3) is 0.312. The number of carbonyl (C=O) groups excluding carboxylic acids is 2. The second-order valence-electron chi connectivity index (χ2n) is 4.69. The zero-order chi connectivity index (χ0) is 17.7. The number of hydrogen-bond acceptors (Lipinski definition) is 6. The highest BCUT2D eigenvalue weighted by molar-refractivity contribution is 7.17. The van der Waals surface area contributed by atoms with Gasteiger partial charge >= 0.3 is 5.97 Å². The monoisotopic (exact) mass is 368 g/mol. The van der Waals surface area contributed by atoms with Crippen LogP contribution < -0.4 is 10.1 Å². The Kier molecular flexibility index (Phi) is 6.16. The zero-order valence-electron chi connectivity index (χ0n) is 13.5. The second kappa shape index (κ2) is 8.12. The molecule has 0 radical (unpaired) electrons. The van der Waals surface area contributed by atoms with Gasteiger partial charge in [0.2, 0.25) is 0 Å². The van der Waals surface area contributed by atoms with Crippen LogP contribution in [0.2, 0.25) is 5.02 Å². The number of amides is 1. The molecule has 0 unspecified atom stereocenters. The Morgan fingerprint density at radius 1 is 1.29 bits per heavy atom. The minimum atomic E-state index is -0.447. The molecule has 2 aromatic rings. The SMILES string of the molecule is CCOC(=O)c1sc(NC(=O)c2ccc(OCC)c(Cl)c2)nc1C. The minimum absolute atomic E-state index is 0.280. The lowest BCUT2D eigenvalue weighted by molar-refractivity contribution is 0.0531. The largest absolute Gasteiger partial charge is 0.492 e. The number of aryl methyl sites for hydroxylation is 1. The third kappa shape index (κ3) is 4.24. The number of anilines is 1. The summed E-state index contributed by atoms with van der Waals surface area (Å²) in [4.78, 5) is 28.6. The second-order valence-corrected chi connectivity index (χ2v) is 6.09. The van der Waals surface area contributed by atoms with E-state index in [1.54, 1.807) is 26.0 Å². The number of esters is 1. The molecule has 0 bridgehead atoms. The van der Waals surface area contributed by atoms with Gasteiger partial charge in [-0.25, -0.2) is 9.78 Å². The molecule has 1 aromatic heterocycles. The molecule has 0 saturated heterocycles. The number of benzene rings is 1. The summed E-state index contributed by atoms with van der Waals surface area (Å²) in [5.74, 6) is -0.299. The molecule has 0 aliphatic carbocycles. The van der Waals surface area contributed by atoms with E-state index in [-0.39, 0.29) is 12.5 Å². The van der Waals surface area contributed by atoms with Crippen molar-refractivity contribution < 1.29 is 19.1 Å². The van der Waals surface area contributed by atoms with Gasteiger partial charge in [-0.05, 0) is 39.0 Å². The number of nitrogens with one attached hydrogen (secondary N) is 1. The van der Waals surface area contributed by atoms with Crippen LogP contribution >= 0.6 is 22.9 Å². The van der Waals surface area contributed by atoms with Gasteiger partial charge in [-0.2, -0.15) is 0 Å². The lowest BCUT2D eigenvalue weighted by Gasteiger charge is -2.07. The van der Waals surface area contributed by atoms with E-state index in [0.717, 1.165) is 11.3 Å². The summed E-state index contributed by atoms with van der Waals surface area (Å²) in [5.41, 5.74) is 0.882. The lowest BCUT2D eigenvalue weighted by Crippen LogP contribution is -2.11. The first-order valence-electron chi connectivity index (χ1n) is 7.34. The standard InChI is InChI=1S/C16H17ClN2O4S/c1-4-22-12-7-6-10(8-11(12)17)14(20)19-16-18-9(3)13(24-16)15(21)23-5-2/h6-8H,4-5H2,1-3H3,(H,18,19,20). The molecule has 1 heterocycles. The van der Waals surface area contributed by atoms with E-state index >= 15 is 0 Å². The number of rotatable bonds is 6. The molecule has 1 aromatic carbocycles. The highest BCUT2D eigenvalue weighted by atomic mass is 35.5. The number of hydrogen-bond donors (Lipinski definition) is 1. The Morgan fingerprint density at radius 2 is 2.04 bits per heavy atom. The number of ether oxygens (including phenoxy) is 2. The third-order valence-corrected chi connectivity index (χ3v) is 4.32. The Hall–Kier alpha value is -2.12. The molecule has 0 aliphatic heterocycles. The molecule has 1 amide bonds. The normalized spacial score (nSPS) is 10.3. The van der Waals surface area contributed by atoms with E-state index in [1.165, 1.54) is 6.07 Å². The minimum Gasteiger partial charge on any atom is -0.492 e. The molecule has 0 aliphatic rings. The summed E-state index contributed by atoms with van der Waals surface area (Å²) in [5, 5.41) is 3.33. The van der Waals surface area contributed by atoms with Crippen molar-refractivity contribution in [3.05, 3.63) is 39.4 Å². The fourth-order valence-corrected chi connectivity index (χ4v) is 3.01. The van der Waals surface area contributed by atoms with Gasteiger partial charge in [0.25, 0.3) is 5.91 Å². The van der Waals surface area contributed by atoms with E-state index in [4.69, 9.17) is 21.1 Å². The molecular weight excluding hydrogens is 352 g/mol. The highest BCUT2D eigenvalue weighted by Crippen LogP contribution is 2.27. The average molecular weight is 369 g/mol. The molecule has 0 spiro atoms. The molecule has 24 heavy (non-hydrogen) atoms. The molecule has 2 rings (SSSR count). The summed E-state index contributed by atoms with van der Waals surface area (Å²) in [7, 11) is 0. The molecule has 1 N–H and O–H groups in total. The summed E-state index contributed by atoms with van der Waals surface area (Å²) in [6.07, 6.45) is 0. The highest BCUT2D eigenvalue weighted by Gasteiger charge is 2.18. The van der Waals surface area contributed by atoms with E-state index < -0.39 is 5.97 Å². The lowest BCUT2D eigenvalue weighted by atomic mass is 10.2. The van der Waals surface area contributed by atoms with Crippen LogP contribution in [0.4, 0.5) is 5.13 Å². The van der Waals surface area contributed by atoms with Gasteiger partial charge in [0.15, 0.2) is 5.13 Å². The first kappa shape index (κ1) is 18.2. The van der Waals surface area contributed by atoms with Crippen LogP contribution in [-0.4, -0.2) is 30.1 Å². The smallest absolute Gasteiger partial charge is 0.350 e. The van der Waals surface area contributed by atoms with E-state index in [2.05, 4.69) is 10.3 Å². The van der Waals surface area contributed by atoms with Crippen LogP contribution in [-0.2, 0) is 4.74 Å². The van der Waals surface area contributed by atoms with Crippen molar-refractivity contribution in [3.8, 4) is 5.75 Å². The zero-order valence-corrected chi connectivity index (χ0v) is 15.1. The Bertz CT molecular complexity index is 761. The first-order chi connectivity index (χ1) is 11.5.